The van der Waals surface area contributed by atoms with Crippen LogP contribution in [0.5, 0.6) is 0 Å². The number of hydrogen-bond acceptors (Lipinski definition) is 4. The van der Waals surface area contributed by atoms with Gasteiger partial charge in [-0.3, -0.25) is 9.59 Å². The number of pyridine rings is 1. The van der Waals surface area contributed by atoms with E-state index in [4.69, 9.17) is 4.74 Å². The van der Waals surface area contributed by atoms with Crippen molar-refractivity contribution in [1.82, 2.24) is 14.3 Å². The number of nitrogens with zero attached hydrogens (tertiary/aromatic N) is 3. The van der Waals surface area contributed by atoms with Crippen molar-refractivity contribution >= 4 is 17.5 Å². The van der Waals surface area contributed by atoms with Gasteiger partial charge < -0.3 is 14.0 Å². The van der Waals surface area contributed by atoms with Crippen molar-refractivity contribution < 1.29 is 14.3 Å². The number of esters is 1. The zero-order valence-corrected chi connectivity index (χ0v) is 11.2. The number of fused-ring (bicyclic) bond motifs is 1. The summed E-state index contributed by atoms with van der Waals surface area (Å²) in [5.41, 5.74) is 1.88. The van der Waals surface area contributed by atoms with E-state index >= 15 is 0 Å². The highest BCUT2D eigenvalue weighted by Crippen LogP contribution is 2.21. The molecule has 0 saturated carbocycles. The van der Waals surface area contributed by atoms with E-state index in [2.05, 4.69) is 4.98 Å². The van der Waals surface area contributed by atoms with Crippen LogP contribution in [0.15, 0.2) is 30.7 Å². The SMILES string of the molecule is COC(=O)C1CC(=O)N(Cc2ccc3nccn3c2)C1. The highest BCUT2D eigenvalue weighted by Gasteiger charge is 2.34. The van der Waals surface area contributed by atoms with Crippen molar-refractivity contribution in [1.29, 1.82) is 0 Å². The smallest absolute Gasteiger partial charge is 0.310 e. The largest absolute Gasteiger partial charge is 0.469 e. The summed E-state index contributed by atoms with van der Waals surface area (Å²) < 4.78 is 6.61. The maximum absolute atomic E-state index is 11.9. The lowest BCUT2D eigenvalue weighted by molar-refractivity contribution is -0.145. The molecule has 6 nitrogen and oxygen atoms in total. The van der Waals surface area contributed by atoms with Gasteiger partial charge in [-0.15, -0.1) is 0 Å². The summed E-state index contributed by atoms with van der Waals surface area (Å²) in [5, 5.41) is 0. The quantitative estimate of drug-likeness (QED) is 0.778. The van der Waals surface area contributed by atoms with Gasteiger partial charge in [-0.1, -0.05) is 6.07 Å². The molecular formula is C14H15N3O3. The van der Waals surface area contributed by atoms with Crippen molar-refractivity contribution in [2.75, 3.05) is 13.7 Å². The molecule has 0 bridgehead atoms. The summed E-state index contributed by atoms with van der Waals surface area (Å²) >= 11 is 0. The molecule has 2 aromatic heterocycles. The Morgan fingerprint density at radius 3 is 3.15 bits per heavy atom. The van der Waals surface area contributed by atoms with Gasteiger partial charge in [0, 0.05) is 38.1 Å². The second-order valence-electron chi connectivity index (χ2n) is 4.93. The number of hydrogen-bond donors (Lipinski definition) is 0. The Balaban J connectivity index is 1.74. The monoisotopic (exact) mass is 273 g/mol. The summed E-state index contributed by atoms with van der Waals surface area (Å²) in [6.45, 7) is 0.925. The van der Waals surface area contributed by atoms with Gasteiger partial charge in [0.25, 0.3) is 0 Å². The number of amides is 1. The second-order valence-corrected chi connectivity index (χ2v) is 4.93. The molecule has 0 spiro atoms. The van der Waals surface area contributed by atoms with E-state index in [-0.39, 0.29) is 24.2 Å². The van der Waals surface area contributed by atoms with Crippen molar-refractivity contribution in [2.45, 2.75) is 13.0 Å². The van der Waals surface area contributed by atoms with Crippen LogP contribution in [0.4, 0.5) is 0 Å². The molecule has 1 atom stereocenters. The maximum Gasteiger partial charge on any atom is 0.310 e. The van der Waals surface area contributed by atoms with E-state index < -0.39 is 0 Å². The molecule has 1 aliphatic heterocycles. The third kappa shape index (κ3) is 2.24. The molecule has 104 valence electrons. The van der Waals surface area contributed by atoms with Crippen molar-refractivity contribution in [3.63, 3.8) is 0 Å². The molecule has 1 unspecified atom stereocenters. The summed E-state index contributed by atoms with van der Waals surface area (Å²) in [5.74, 6) is -0.665. The van der Waals surface area contributed by atoms with Gasteiger partial charge in [-0.05, 0) is 11.6 Å². The van der Waals surface area contributed by atoms with Crippen molar-refractivity contribution in [2.24, 2.45) is 5.92 Å². The number of aromatic nitrogens is 2. The average molecular weight is 273 g/mol. The Bertz CT molecular complexity index is 664. The van der Waals surface area contributed by atoms with Crippen LogP contribution in [0.3, 0.4) is 0 Å². The fourth-order valence-electron chi connectivity index (χ4n) is 2.53. The molecule has 1 saturated heterocycles. The zero-order valence-electron chi connectivity index (χ0n) is 11.2. The van der Waals surface area contributed by atoms with Crippen molar-refractivity contribution in [3.05, 3.63) is 36.3 Å². The molecule has 1 aliphatic rings. The summed E-state index contributed by atoms with van der Waals surface area (Å²) in [6.07, 6.45) is 5.77. The molecule has 3 rings (SSSR count). The molecular weight excluding hydrogens is 258 g/mol. The van der Waals surface area contributed by atoms with Gasteiger partial charge in [0.15, 0.2) is 0 Å². The second kappa shape index (κ2) is 4.96. The molecule has 2 aromatic rings. The molecule has 0 aromatic carbocycles. The van der Waals surface area contributed by atoms with E-state index in [0.29, 0.717) is 13.1 Å². The Morgan fingerprint density at radius 2 is 2.35 bits per heavy atom. The van der Waals surface area contributed by atoms with E-state index in [0.717, 1.165) is 11.2 Å². The number of rotatable bonds is 3. The fourth-order valence-corrected chi connectivity index (χ4v) is 2.53. The fraction of sp³-hybridized carbons (Fsp3) is 0.357. The molecule has 0 N–H and O–H groups in total. The molecule has 1 fully saturated rings. The lowest BCUT2D eigenvalue weighted by Crippen LogP contribution is -2.26. The standard InChI is InChI=1S/C14H15N3O3/c1-20-14(19)11-6-13(18)17(9-11)8-10-2-3-12-15-4-5-16(12)7-10/h2-5,7,11H,6,8-9H2,1H3. The predicted octanol–water partition coefficient (Wildman–Crippen LogP) is 0.856. The van der Waals surface area contributed by atoms with Gasteiger partial charge in [0.05, 0.1) is 13.0 Å². The number of methoxy groups -OCH3 is 1. The van der Waals surface area contributed by atoms with Crippen molar-refractivity contribution in [3.8, 4) is 0 Å². The van der Waals surface area contributed by atoms with Gasteiger partial charge in [-0.25, -0.2) is 4.98 Å². The van der Waals surface area contributed by atoms with Crippen LogP contribution < -0.4 is 0 Å². The molecule has 6 heteroatoms. The van der Waals surface area contributed by atoms with Gasteiger partial charge in [-0.2, -0.15) is 0 Å². The minimum Gasteiger partial charge on any atom is -0.469 e. The Hall–Kier alpha value is -2.37. The molecule has 1 amide bonds. The minimum absolute atomic E-state index is 0.00821. The highest BCUT2D eigenvalue weighted by atomic mass is 16.5. The first-order valence-corrected chi connectivity index (χ1v) is 6.44. The third-order valence-corrected chi connectivity index (χ3v) is 3.57. The first-order chi connectivity index (χ1) is 9.67. The molecule has 0 radical (unpaired) electrons. The third-order valence-electron chi connectivity index (χ3n) is 3.57. The average Bonchev–Trinajstić information content (AvgIpc) is 3.05. The van der Waals surface area contributed by atoms with E-state index in [1.807, 2.05) is 28.9 Å². The number of carbonyl (C=O) groups is 2. The van der Waals surface area contributed by atoms with Crippen LogP contribution in [0, 0.1) is 5.92 Å². The van der Waals surface area contributed by atoms with E-state index in [1.165, 1.54) is 7.11 Å². The summed E-state index contributed by atoms with van der Waals surface area (Å²) in [4.78, 5) is 29.3. The van der Waals surface area contributed by atoms with Crippen LogP contribution in [0.1, 0.15) is 12.0 Å². The van der Waals surface area contributed by atoms with E-state index in [1.54, 1.807) is 11.1 Å². The van der Waals surface area contributed by atoms with Crippen LogP contribution in [0.25, 0.3) is 5.65 Å². The van der Waals surface area contributed by atoms with Gasteiger partial charge in [0.2, 0.25) is 5.91 Å². The number of carbonyl (C=O) groups excluding carboxylic acids is 2. The Labute approximate surface area is 116 Å². The zero-order chi connectivity index (χ0) is 14.1. The normalized spacial score (nSPS) is 18.8. The van der Waals surface area contributed by atoms with Crippen LogP contribution in [-0.2, 0) is 20.9 Å². The maximum atomic E-state index is 11.9. The summed E-state index contributed by atoms with van der Waals surface area (Å²) in [6, 6.07) is 3.86. The van der Waals surface area contributed by atoms with E-state index in [9.17, 15) is 9.59 Å². The van der Waals surface area contributed by atoms with Gasteiger partial charge in [0.1, 0.15) is 5.65 Å². The number of likely N-dealkylation sites (tertiary alicyclic amines) is 1. The van der Waals surface area contributed by atoms with Gasteiger partial charge >= 0.3 is 5.97 Å². The topological polar surface area (TPSA) is 63.9 Å². The predicted molar refractivity (Wildman–Crippen MR) is 70.7 cm³/mol. The number of ether oxygens (including phenoxy) is 1. The Kier molecular flexibility index (Phi) is 3.14. The molecule has 20 heavy (non-hydrogen) atoms. The van der Waals surface area contributed by atoms with Crippen LogP contribution in [0.2, 0.25) is 0 Å². The first kappa shape index (κ1) is 12.7. The molecule has 3 heterocycles. The lowest BCUT2D eigenvalue weighted by Gasteiger charge is -2.16. The molecule has 0 aliphatic carbocycles. The minimum atomic E-state index is -0.343. The number of imidazole rings is 1. The summed E-state index contributed by atoms with van der Waals surface area (Å²) in [7, 11) is 1.35. The Morgan fingerprint density at radius 1 is 1.50 bits per heavy atom. The first-order valence-electron chi connectivity index (χ1n) is 6.44. The lowest BCUT2D eigenvalue weighted by atomic mass is 10.1. The van der Waals surface area contributed by atoms with Crippen LogP contribution >= 0.6 is 0 Å². The highest BCUT2D eigenvalue weighted by molar-refractivity contribution is 5.86. The van der Waals surface area contributed by atoms with Crippen LogP contribution in [-0.4, -0.2) is 39.8 Å².